The molecule has 0 aromatic carbocycles. The Morgan fingerprint density at radius 1 is 0.960 bits per heavy atom. The van der Waals surface area contributed by atoms with Crippen molar-refractivity contribution in [2.24, 2.45) is 22.7 Å². The van der Waals surface area contributed by atoms with Crippen molar-refractivity contribution in [3.8, 4) is 0 Å². The fourth-order valence-electron chi connectivity index (χ4n) is 5.35. The van der Waals surface area contributed by atoms with E-state index in [0.717, 1.165) is 12.2 Å². The second-order valence-electron chi connectivity index (χ2n) is 6.56. The maximum absolute atomic E-state index is 12.4. The molecule has 6 unspecified atom stereocenters. The molecule has 5 fully saturated rings. The van der Waals surface area contributed by atoms with Crippen LogP contribution in [0.2, 0.25) is 0 Å². The first kappa shape index (κ1) is 16.1. The molecule has 2 saturated heterocycles. The van der Waals surface area contributed by atoms with E-state index in [2.05, 4.69) is 4.74 Å². The Labute approximate surface area is 142 Å². The van der Waals surface area contributed by atoms with E-state index < -0.39 is 46.4 Å². The second kappa shape index (κ2) is 4.60. The average Bonchev–Trinajstić information content (AvgIpc) is 3.24. The van der Waals surface area contributed by atoms with Crippen molar-refractivity contribution in [1.29, 1.82) is 0 Å². The van der Waals surface area contributed by atoms with Crippen molar-refractivity contribution in [2.75, 3.05) is 27.9 Å². The Bertz CT molecular complexity index is 736. The first-order chi connectivity index (χ1) is 11.9. The van der Waals surface area contributed by atoms with Gasteiger partial charge in [-0.2, -0.15) is 0 Å². The molecule has 9 heteroatoms. The zero-order chi connectivity index (χ0) is 18.2. The third-order valence-corrected chi connectivity index (χ3v) is 6.11. The van der Waals surface area contributed by atoms with E-state index in [9.17, 15) is 19.2 Å². The zero-order valence-corrected chi connectivity index (χ0v) is 13.8. The monoisotopic (exact) mass is 352 g/mol. The van der Waals surface area contributed by atoms with Crippen LogP contribution in [-0.4, -0.2) is 63.5 Å². The average molecular weight is 352 g/mol. The van der Waals surface area contributed by atoms with Crippen molar-refractivity contribution >= 4 is 23.9 Å². The number of hydrogen-bond acceptors (Lipinski definition) is 9. The number of carbonyl (C=O) groups is 4. The minimum absolute atomic E-state index is 0.108. The van der Waals surface area contributed by atoms with Crippen LogP contribution in [0, 0.1) is 22.7 Å². The third-order valence-electron chi connectivity index (χ3n) is 6.11. The molecule has 6 atom stereocenters. The van der Waals surface area contributed by atoms with Gasteiger partial charge in [-0.25, -0.2) is 9.59 Å². The van der Waals surface area contributed by atoms with E-state index >= 15 is 0 Å². The maximum atomic E-state index is 12.4. The minimum atomic E-state index is -1.15. The summed E-state index contributed by atoms with van der Waals surface area (Å²) in [7, 11) is 3.68. The molecule has 0 radical (unpaired) electrons. The number of carbonyl (C=O) groups excluding carboxylic acids is 4. The summed E-state index contributed by atoms with van der Waals surface area (Å²) in [5.74, 6) is -2.86. The molecule has 0 aromatic rings. The molecule has 2 bridgehead atoms. The zero-order valence-electron chi connectivity index (χ0n) is 13.8. The molecule has 3 aliphatic carbocycles. The highest BCUT2D eigenvalue weighted by molar-refractivity contribution is 6.04. The number of methoxy groups -OCH3 is 3. The number of hydrogen-bond donors (Lipinski definition) is 0. The second-order valence-corrected chi connectivity index (χ2v) is 6.56. The SMILES string of the molecule is COC(=O)/C=C/C(=O)OCC12OC3C4C1C2(C(=O)OC)C34C(=O)OC. The molecule has 9 nitrogen and oxygen atoms in total. The minimum Gasteiger partial charge on any atom is -0.468 e. The highest BCUT2D eigenvalue weighted by atomic mass is 16.6. The van der Waals surface area contributed by atoms with Crippen LogP contribution in [0.1, 0.15) is 0 Å². The Morgan fingerprint density at radius 2 is 1.60 bits per heavy atom. The summed E-state index contributed by atoms with van der Waals surface area (Å²) in [5.41, 5.74) is -3.23. The summed E-state index contributed by atoms with van der Waals surface area (Å²) in [6.07, 6.45) is 1.44. The predicted octanol–water partition coefficient (Wildman–Crippen LogP) is -1.01. The van der Waals surface area contributed by atoms with Gasteiger partial charge in [0.25, 0.3) is 0 Å². The van der Waals surface area contributed by atoms with Crippen LogP contribution < -0.4 is 0 Å². The highest BCUT2D eigenvalue weighted by Crippen LogP contribution is 3.03. The van der Waals surface area contributed by atoms with E-state index in [4.69, 9.17) is 18.9 Å². The largest absolute Gasteiger partial charge is 0.468 e. The van der Waals surface area contributed by atoms with Crippen molar-refractivity contribution < 1.29 is 42.9 Å². The number of ether oxygens (including phenoxy) is 5. The summed E-state index contributed by atoms with van der Waals surface area (Å²) in [4.78, 5) is 47.4. The molecule has 2 aliphatic heterocycles. The van der Waals surface area contributed by atoms with Gasteiger partial charge >= 0.3 is 23.9 Å². The van der Waals surface area contributed by atoms with E-state index in [0.29, 0.717) is 0 Å². The Kier molecular flexibility index (Phi) is 2.96. The lowest BCUT2D eigenvalue weighted by Crippen LogP contribution is -2.46. The molecule has 0 amide bonds. The molecule has 3 saturated carbocycles. The summed E-state index contributed by atoms with van der Waals surface area (Å²) in [6, 6.07) is 0. The lowest BCUT2D eigenvalue weighted by molar-refractivity contribution is -0.169. The van der Waals surface area contributed by atoms with E-state index in [1.165, 1.54) is 21.3 Å². The Hall–Kier alpha value is -2.42. The van der Waals surface area contributed by atoms with E-state index in [1.807, 2.05) is 0 Å². The van der Waals surface area contributed by atoms with Gasteiger partial charge in [0.2, 0.25) is 0 Å². The molecule has 0 spiro atoms. The van der Waals surface area contributed by atoms with Gasteiger partial charge in [0.1, 0.15) is 23.0 Å². The first-order valence-electron chi connectivity index (χ1n) is 7.67. The van der Waals surface area contributed by atoms with Crippen LogP contribution >= 0.6 is 0 Å². The number of esters is 4. The van der Waals surface area contributed by atoms with Crippen LogP contribution in [0.4, 0.5) is 0 Å². The maximum Gasteiger partial charge on any atom is 0.331 e. The summed E-state index contributed by atoms with van der Waals surface area (Å²) >= 11 is 0. The van der Waals surface area contributed by atoms with Crippen LogP contribution in [0.3, 0.4) is 0 Å². The van der Waals surface area contributed by atoms with Crippen molar-refractivity contribution in [2.45, 2.75) is 11.7 Å². The molecule has 134 valence electrons. The van der Waals surface area contributed by atoms with Crippen molar-refractivity contribution in [3.05, 3.63) is 12.2 Å². The van der Waals surface area contributed by atoms with Crippen LogP contribution in [0.5, 0.6) is 0 Å². The van der Waals surface area contributed by atoms with E-state index in [1.54, 1.807) is 0 Å². The topological polar surface area (TPSA) is 114 Å². The quantitative estimate of drug-likeness (QED) is 0.337. The highest BCUT2D eigenvalue weighted by Gasteiger charge is 3.18. The van der Waals surface area contributed by atoms with Crippen LogP contribution in [0.15, 0.2) is 12.2 Å². The molecule has 2 heterocycles. The van der Waals surface area contributed by atoms with E-state index in [-0.39, 0.29) is 18.4 Å². The van der Waals surface area contributed by atoms with Crippen LogP contribution in [-0.2, 0) is 42.9 Å². The molecular formula is C16H16O9. The smallest absolute Gasteiger partial charge is 0.331 e. The fraction of sp³-hybridized carbons (Fsp3) is 0.625. The van der Waals surface area contributed by atoms with Gasteiger partial charge in [0.15, 0.2) is 0 Å². The molecule has 0 aromatic heterocycles. The summed E-state index contributed by atoms with van der Waals surface area (Å²) < 4.78 is 25.2. The molecule has 5 rings (SSSR count). The molecular weight excluding hydrogens is 336 g/mol. The molecule has 5 aliphatic rings. The van der Waals surface area contributed by atoms with Gasteiger partial charge < -0.3 is 23.7 Å². The van der Waals surface area contributed by atoms with Gasteiger partial charge in [-0.15, -0.1) is 0 Å². The molecule has 25 heavy (non-hydrogen) atoms. The van der Waals surface area contributed by atoms with Crippen LogP contribution in [0.25, 0.3) is 0 Å². The normalized spacial score (nSPS) is 43.6. The van der Waals surface area contributed by atoms with Gasteiger partial charge in [0, 0.05) is 24.0 Å². The third kappa shape index (κ3) is 1.37. The predicted molar refractivity (Wildman–Crippen MR) is 75.6 cm³/mol. The first-order valence-corrected chi connectivity index (χ1v) is 7.67. The van der Waals surface area contributed by atoms with Gasteiger partial charge in [-0.1, -0.05) is 0 Å². The fourth-order valence-corrected chi connectivity index (χ4v) is 5.35. The summed E-state index contributed by atoms with van der Waals surface area (Å²) in [5, 5.41) is 0. The van der Waals surface area contributed by atoms with Crippen molar-refractivity contribution in [3.63, 3.8) is 0 Å². The lowest BCUT2D eigenvalue weighted by Gasteiger charge is -2.29. The molecule has 0 N–H and O–H groups in total. The van der Waals surface area contributed by atoms with Gasteiger partial charge in [-0.3, -0.25) is 9.59 Å². The standard InChI is InChI=1S/C16H16O9/c1-21-7(17)4-5-8(18)24-6-14-10-9-11(25-14)15(9,12(19)22-2)16(10,14)13(20)23-3/h4-5,9-11H,6H2,1-3H3/b5-4+. The van der Waals surface area contributed by atoms with Gasteiger partial charge in [0.05, 0.1) is 27.4 Å². The Morgan fingerprint density at radius 3 is 2.16 bits per heavy atom. The van der Waals surface area contributed by atoms with Gasteiger partial charge in [-0.05, 0) is 0 Å². The lowest BCUT2D eigenvalue weighted by atomic mass is 9.71. The number of rotatable bonds is 6. The van der Waals surface area contributed by atoms with Crippen molar-refractivity contribution in [1.82, 2.24) is 0 Å². The summed E-state index contributed by atoms with van der Waals surface area (Å²) in [6.45, 7) is -0.205. The Balaban J connectivity index is 1.52.